The van der Waals surface area contributed by atoms with E-state index >= 15 is 0 Å². The smallest absolute Gasteiger partial charge is 0.0220 e. The Hall–Kier alpha value is -0.0800. The SMILES string of the molecule is CNCC1CCCCN1CC1CC2CCC1C2. The molecule has 3 fully saturated rings. The van der Waals surface area contributed by atoms with Crippen LogP contribution in [0.3, 0.4) is 0 Å². The van der Waals surface area contributed by atoms with Gasteiger partial charge in [0, 0.05) is 19.1 Å². The molecule has 4 unspecified atom stereocenters. The van der Waals surface area contributed by atoms with Gasteiger partial charge in [0.25, 0.3) is 0 Å². The average molecular weight is 236 g/mol. The molecule has 1 saturated heterocycles. The lowest BCUT2D eigenvalue weighted by molar-refractivity contribution is 0.107. The van der Waals surface area contributed by atoms with Crippen LogP contribution in [0.1, 0.15) is 44.9 Å². The molecule has 3 aliphatic rings. The molecule has 1 N–H and O–H groups in total. The largest absolute Gasteiger partial charge is 0.318 e. The fourth-order valence-corrected chi connectivity index (χ4v) is 4.67. The van der Waals surface area contributed by atoms with Crippen molar-refractivity contribution in [3.63, 3.8) is 0 Å². The van der Waals surface area contributed by atoms with Crippen LogP contribution in [0.2, 0.25) is 0 Å². The molecule has 98 valence electrons. The van der Waals surface area contributed by atoms with Crippen LogP contribution < -0.4 is 5.32 Å². The summed E-state index contributed by atoms with van der Waals surface area (Å²) in [5.74, 6) is 3.25. The van der Waals surface area contributed by atoms with E-state index in [1.54, 1.807) is 25.7 Å². The third-order valence-electron chi connectivity index (χ3n) is 5.54. The Balaban J connectivity index is 1.55. The van der Waals surface area contributed by atoms with Crippen molar-refractivity contribution < 1.29 is 0 Å². The lowest BCUT2D eigenvalue weighted by Crippen LogP contribution is -2.47. The molecule has 1 heterocycles. The van der Waals surface area contributed by atoms with Gasteiger partial charge in [-0.2, -0.15) is 0 Å². The van der Waals surface area contributed by atoms with Gasteiger partial charge in [-0.25, -0.2) is 0 Å². The quantitative estimate of drug-likeness (QED) is 0.807. The molecular formula is C15H28N2. The Kier molecular flexibility index (Phi) is 3.72. The van der Waals surface area contributed by atoms with Crippen LogP contribution in [0.15, 0.2) is 0 Å². The number of nitrogens with one attached hydrogen (secondary N) is 1. The fourth-order valence-electron chi connectivity index (χ4n) is 4.67. The second kappa shape index (κ2) is 5.27. The van der Waals surface area contributed by atoms with Crippen LogP contribution in [-0.2, 0) is 0 Å². The third-order valence-corrected chi connectivity index (χ3v) is 5.54. The zero-order chi connectivity index (χ0) is 11.7. The van der Waals surface area contributed by atoms with E-state index < -0.39 is 0 Å². The van der Waals surface area contributed by atoms with Crippen LogP contribution >= 0.6 is 0 Å². The highest BCUT2D eigenvalue weighted by molar-refractivity contribution is 4.92. The van der Waals surface area contributed by atoms with E-state index in [0.29, 0.717) is 0 Å². The predicted octanol–water partition coefficient (Wildman–Crippen LogP) is 2.50. The second-order valence-corrected chi connectivity index (χ2v) is 6.64. The van der Waals surface area contributed by atoms with Gasteiger partial charge in [0.05, 0.1) is 0 Å². The highest BCUT2D eigenvalue weighted by Crippen LogP contribution is 2.48. The van der Waals surface area contributed by atoms with Gasteiger partial charge in [-0.3, -0.25) is 4.90 Å². The molecule has 0 aromatic carbocycles. The molecule has 0 spiro atoms. The van der Waals surface area contributed by atoms with Crippen molar-refractivity contribution in [2.24, 2.45) is 17.8 Å². The average Bonchev–Trinajstić information content (AvgIpc) is 2.94. The fraction of sp³-hybridized carbons (Fsp3) is 1.00. The molecule has 2 nitrogen and oxygen atoms in total. The molecule has 2 heteroatoms. The van der Waals surface area contributed by atoms with Crippen LogP contribution in [0.5, 0.6) is 0 Å². The predicted molar refractivity (Wildman–Crippen MR) is 72.1 cm³/mol. The summed E-state index contributed by atoms with van der Waals surface area (Å²) >= 11 is 0. The van der Waals surface area contributed by atoms with E-state index in [1.165, 1.54) is 38.9 Å². The van der Waals surface area contributed by atoms with Gasteiger partial charge in [-0.1, -0.05) is 12.8 Å². The van der Waals surface area contributed by atoms with Gasteiger partial charge in [0.2, 0.25) is 0 Å². The first-order valence-corrected chi connectivity index (χ1v) is 7.75. The molecule has 0 aromatic rings. The monoisotopic (exact) mass is 236 g/mol. The Morgan fingerprint density at radius 2 is 2.06 bits per heavy atom. The van der Waals surface area contributed by atoms with E-state index in [-0.39, 0.29) is 0 Å². The minimum atomic E-state index is 0.827. The van der Waals surface area contributed by atoms with Crippen molar-refractivity contribution in [1.82, 2.24) is 10.2 Å². The normalized spacial score (nSPS) is 42.2. The number of likely N-dealkylation sites (tertiary alicyclic amines) is 1. The van der Waals surface area contributed by atoms with Gasteiger partial charge in [0.1, 0.15) is 0 Å². The zero-order valence-electron chi connectivity index (χ0n) is 11.3. The van der Waals surface area contributed by atoms with Gasteiger partial charge in [0.15, 0.2) is 0 Å². The zero-order valence-corrected chi connectivity index (χ0v) is 11.3. The van der Waals surface area contributed by atoms with Gasteiger partial charge in [-0.05, 0) is 63.5 Å². The Morgan fingerprint density at radius 1 is 1.12 bits per heavy atom. The maximum absolute atomic E-state index is 3.38. The summed E-state index contributed by atoms with van der Waals surface area (Å²) in [4.78, 5) is 2.81. The molecule has 3 rings (SSSR count). The molecule has 0 amide bonds. The summed E-state index contributed by atoms with van der Waals surface area (Å²) in [6.07, 6.45) is 10.5. The van der Waals surface area contributed by atoms with E-state index in [0.717, 1.165) is 23.8 Å². The summed E-state index contributed by atoms with van der Waals surface area (Å²) in [6.45, 7) is 3.97. The number of likely N-dealkylation sites (N-methyl/N-ethyl adjacent to an activating group) is 1. The molecule has 2 aliphatic carbocycles. The summed E-state index contributed by atoms with van der Waals surface area (Å²) in [5.41, 5.74) is 0. The number of fused-ring (bicyclic) bond motifs is 2. The molecule has 0 radical (unpaired) electrons. The van der Waals surface area contributed by atoms with Crippen molar-refractivity contribution in [2.45, 2.75) is 51.0 Å². The number of rotatable bonds is 4. The minimum absolute atomic E-state index is 0.827. The molecule has 2 saturated carbocycles. The lowest BCUT2D eigenvalue weighted by Gasteiger charge is -2.39. The van der Waals surface area contributed by atoms with Crippen molar-refractivity contribution in [3.05, 3.63) is 0 Å². The van der Waals surface area contributed by atoms with Crippen LogP contribution in [0.25, 0.3) is 0 Å². The molecule has 1 aliphatic heterocycles. The van der Waals surface area contributed by atoms with E-state index in [9.17, 15) is 0 Å². The number of hydrogen-bond acceptors (Lipinski definition) is 2. The van der Waals surface area contributed by atoms with Gasteiger partial charge >= 0.3 is 0 Å². The first kappa shape index (κ1) is 12.0. The second-order valence-electron chi connectivity index (χ2n) is 6.64. The Morgan fingerprint density at radius 3 is 2.76 bits per heavy atom. The number of hydrogen-bond donors (Lipinski definition) is 1. The molecule has 0 aromatic heterocycles. The number of piperidine rings is 1. The third kappa shape index (κ3) is 2.53. The summed E-state index contributed by atoms with van der Waals surface area (Å²) in [6, 6.07) is 0.827. The van der Waals surface area contributed by atoms with Crippen LogP contribution in [0, 0.1) is 17.8 Å². The maximum atomic E-state index is 3.38. The van der Waals surface area contributed by atoms with Crippen molar-refractivity contribution >= 4 is 0 Å². The topological polar surface area (TPSA) is 15.3 Å². The van der Waals surface area contributed by atoms with E-state index in [2.05, 4.69) is 17.3 Å². The van der Waals surface area contributed by atoms with Gasteiger partial charge in [-0.15, -0.1) is 0 Å². The maximum Gasteiger partial charge on any atom is 0.0220 e. The first-order chi connectivity index (χ1) is 8.36. The number of nitrogens with zero attached hydrogens (tertiary/aromatic N) is 1. The molecular weight excluding hydrogens is 208 g/mol. The van der Waals surface area contributed by atoms with Crippen molar-refractivity contribution in [3.8, 4) is 0 Å². The molecule has 2 bridgehead atoms. The van der Waals surface area contributed by atoms with Crippen LogP contribution in [0.4, 0.5) is 0 Å². The highest BCUT2D eigenvalue weighted by atomic mass is 15.2. The van der Waals surface area contributed by atoms with E-state index in [4.69, 9.17) is 0 Å². The van der Waals surface area contributed by atoms with Crippen LogP contribution in [-0.4, -0.2) is 37.6 Å². The highest BCUT2D eigenvalue weighted by Gasteiger charge is 2.40. The van der Waals surface area contributed by atoms with Gasteiger partial charge < -0.3 is 5.32 Å². The first-order valence-electron chi connectivity index (χ1n) is 7.75. The van der Waals surface area contributed by atoms with Crippen molar-refractivity contribution in [1.29, 1.82) is 0 Å². The summed E-state index contributed by atoms with van der Waals surface area (Å²) in [7, 11) is 2.10. The lowest BCUT2D eigenvalue weighted by atomic mass is 9.87. The Labute approximate surface area is 106 Å². The van der Waals surface area contributed by atoms with Crippen molar-refractivity contribution in [2.75, 3.05) is 26.7 Å². The van der Waals surface area contributed by atoms with E-state index in [1.807, 2.05) is 0 Å². The minimum Gasteiger partial charge on any atom is -0.318 e. The molecule has 4 atom stereocenters. The molecule has 17 heavy (non-hydrogen) atoms. The Bertz CT molecular complexity index is 251. The standard InChI is InChI=1S/C15H28N2/c1-16-10-15-4-2-3-7-17(15)11-14-9-12-5-6-13(14)8-12/h12-16H,2-11H2,1H3. The summed E-state index contributed by atoms with van der Waals surface area (Å²) in [5, 5.41) is 3.38. The summed E-state index contributed by atoms with van der Waals surface area (Å²) < 4.78 is 0.